The van der Waals surface area contributed by atoms with Crippen molar-refractivity contribution in [2.24, 2.45) is 13.0 Å². The molecule has 4 heteroatoms. The van der Waals surface area contributed by atoms with Crippen LogP contribution in [0.25, 0.3) is 0 Å². The standard InChI is InChI=1S/C14H24N4/c1-18-9-8-14(17-18)15-10-12-7-6-11-4-2-3-5-13(11)16-12/h8-9,11-13,16H,2-7,10H2,1H3,(H,15,17). The Morgan fingerprint density at radius 1 is 1.33 bits per heavy atom. The first-order valence-electron chi connectivity index (χ1n) is 7.31. The van der Waals surface area contributed by atoms with Crippen molar-refractivity contribution in [2.75, 3.05) is 11.9 Å². The van der Waals surface area contributed by atoms with Crippen LogP contribution in [0, 0.1) is 5.92 Å². The summed E-state index contributed by atoms with van der Waals surface area (Å²) in [7, 11) is 1.96. The van der Waals surface area contributed by atoms with Crippen LogP contribution in [-0.4, -0.2) is 28.4 Å². The lowest BCUT2D eigenvalue weighted by molar-refractivity contribution is 0.180. The van der Waals surface area contributed by atoms with E-state index in [2.05, 4.69) is 15.7 Å². The van der Waals surface area contributed by atoms with Crippen molar-refractivity contribution in [3.05, 3.63) is 12.3 Å². The van der Waals surface area contributed by atoms with Crippen molar-refractivity contribution in [2.45, 2.75) is 50.6 Å². The first-order valence-corrected chi connectivity index (χ1v) is 7.31. The fourth-order valence-electron chi connectivity index (χ4n) is 3.47. The Hall–Kier alpha value is -1.03. The number of piperidine rings is 1. The number of hydrogen-bond donors (Lipinski definition) is 2. The van der Waals surface area contributed by atoms with Crippen LogP contribution in [0.2, 0.25) is 0 Å². The molecule has 1 aromatic rings. The predicted molar refractivity (Wildman–Crippen MR) is 73.6 cm³/mol. The fourth-order valence-corrected chi connectivity index (χ4v) is 3.47. The van der Waals surface area contributed by atoms with Gasteiger partial charge >= 0.3 is 0 Å². The number of aryl methyl sites for hydroxylation is 1. The smallest absolute Gasteiger partial charge is 0.148 e. The lowest BCUT2D eigenvalue weighted by atomic mass is 9.78. The lowest BCUT2D eigenvalue weighted by Crippen LogP contribution is -2.51. The molecule has 2 heterocycles. The van der Waals surface area contributed by atoms with E-state index in [1.807, 2.05) is 24.0 Å². The van der Waals surface area contributed by atoms with Crippen molar-refractivity contribution >= 4 is 5.82 Å². The number of hydrogen-bond acceptors (Lipinski definition) is 3. The molecule has 0 aromatic carbocycles. The highest BCUT2D eigenvalue weighted by atomic mass is 15.3. The molecule has 1 saturated heterocycles. The van der Waals surface area contributed by atoms with Gasteiger partial charge in [0.2, 0.25) is 0 Å². The third kappa shape index (κ3) is 2.69. The van der Waals surface area contributed by atoms with E-state index in [9.17, 15) is 0 Å². The van der Waals surface area contributed by atoms with Crippen LogP contribution in [0.4, 0.5) is 5.82 Å². The summed E-state index contributed by atoms with van der Waals surface area (Å²) in [6, 6.07) is 3.43. The minimum absolute atomic E-state index is 0.617. The molecule has 3 unspecified atom stereocenters. The second-order valence-corrected chi connectivity index (χ2v) is 5.85. The molecule has 4 nitrogen and oxygen atoms in total. The highest BCUT2D eigenvalue weighted by Crippen LogP contribution is 2.32. The third-order valence-electron chi connectivity index (χ3n) is 4.49. The van der Waals surface area contributed by atoms with E-state index in [-0.39, 0.29) is 0 Å². The molecule has 2 N–H and O–H groups in total. The van der Waals surface area contributed by atoms with Gasteiger partial charge < -0.3 is 10.6 Å². The van der Waals surface area contributed by atoms with Gasteiger partial charge in [0.05, 0.1) is 0 Å². The molecule has 0 bridgehead atoms. The number of fused-ring (bicyclic) bond motifs is 1. The first kappa shape index (κ1) is 12.0. The van der Waals surface area contributed by atoms with E-state index < -0.39 is 0 Å². The Balaban J connectivity index is 1.49. The van der Waals surface area contributed by atoms with Crippen LogP contribution < -0.4 is 10.6 Å². The predicted octanol–water partition coefficient (Wildman–Crippen LogP) is 2.14. The summed E-state index contributed by atoms with van der Waals surface area (Å²) in [5, 5.41) is 11.6. The van der Waals surface area contributed by atoms with Crippen molar-refractivity contribution < 1.29 is 0 Å². The van der Waals surface area contributed by atoms with Gasteiger partial charge in [0.25, 0.3) is 0 Å². The Bertz CT molecular complexity index is 387. The zero-order valence-electron chi connectivity index (χ0n) is 11.2. The normalized spacial score (nSPS) is 31.9. The maximum atomic E-state index is 4.35. The van der Waals surface area contributed by atoms with Gasteiger partial charge in [-0.25, -0.2) is 0 Å². The average molecular weight is 248 g/mol. The molecule has 1 saturated carbocycles. The van der Waals surface area contributed by atoms with Gasteiger partial charge in [0.1, 0.15) is 5.82 Å². The van der Waals surface area contributed by atoms with Gasteiger partial charge in [-0.3, -0.25) is 4.68 Å². The van der Waals surface area contributed by atoms with E-state index in [4.69, 9.17) is 0 Å². The number of nitrogens with zero attached hydrogens (tertiary/aromatic N) is 2. The second kappa shape index (κ2) is 5.31. The maximum absolute atomic E-state index is 4.35. The summed E-state index contributed by atoms with van der Waals surface area (Å²) in [6.45, 7) is 1.00. The van der Waals surface area contributed by atoms with Crippen LogP contribution in [-0.2, 0) is 7.05 Å². The summed E-state index contributed by atoms with van der Waals surface area (Å²) in [4.78, 5) is 0. The quantitative estimate of drug-likeness (QED) is 0.861. The van der Waals surface area contributed by atoms with E-state index in [0.29, 0.717) is 6.04 Å². The van der Waals surface area contributed by atoms with Gasteiger partial charge in [0.15, 0.2) is 0 Å². The first-order chi connectivity index (χ1) is 8.81. The molecule has 3 rings (SSSR count). The second-order valence-electron chi connectivity index (χ2n) is 5.85. The molecule has 1 aliphatic carbocycles. The van der Waals surface area contributed by atoms with E-state index in [1.165, 1.54) is 38.5 Å². The highest BCUT2D eigenvalue weighted by molar-refractivity contribution is 5.32. The van der Waals surface area contributed by atoms with Gasteiger partial charge in [-0.2, -0.15) is 5.10 Å². The van der Waals surface area contributed by atoms with E-state index in [1.54, 1.807) is 0 Å². The van der Waals surface area contributed by atoms with Crippen LogP contribution in [0.5, 0.6) is 0 Å². The Labute approximate surface area is 109 Å². The van der Waals surface area contributed by atoms with Crippen molar-refractivity contribution in [1.29, 1.82) is 0 Å². The monoisotopic (exact) mass is 248 g/mol. The van der Waals surface area contributed by atoms with Crippen LogP contribution in [0.3, 0.4) is 0 Å². The maximum Gasteiger partial charge on any atom is 0.148 e. The number of nitrogens with one attached hydrogen (secondary N) is 2. The van der Waals surface area contributed by atoms with Crippen LogP contribution in [0.15, 0.2) is 12.3 Å². The summed E-state index contributed by atoms with van der Waals surface area (Å²) in [5.74, 6) is 1.94. The van der Waals surface area contributed by atoms with Gasteiger partial charge in [-0.1, -0.05) is 12.8 Å². The molecule has 0 amide bonds. The number of anilines is 1. The SMILES string of the molecule is Cn1ccc(NCC2CCC3CCCCC3N2)n1. The molecule has 0 radical (unpaired) electrons. The largest absolute Gasteiger partial charge is 0.367 e. The van der Waals surface area contributed by atoms with Gasteiger partial charge in [0, 0.05) is 37.9 Å². The fraction of sp³-hybridized carbons (Fsp3) is 0.786. The Kier molecular flexibility index (Phi) is 3.55. The van der Waals surface area contributed by atoms with Gasteiger partial charge in [-0.15, -0.1) is 0 Å². The Morgan fingerprint density at radius 2 is 2.22 bits per heavy atom. The molecule has 100 valence electrons. The molecular weight excluding hydrogens is 224 g/mol. The molecule has 2 aliphatic rings. The summed E-state index contributed by atoms with van der Waals surface area (Å²) in [6.07, 6.45) is 10.4. The molecule has 3 atom stereocenters. The molecule has 0 spiro atoms. The highest BCUT2D eigenvalue weighted by Gasteiger charge is 2.31. The van der Waals surface area contributed by atoms with Crippen LogP contribution in [0.1, 0.15) is 38.5 Å². The summed E-state index contributed by atoms with van der Waals surface area (Å²) < 4.78 is 1.84. The van der Waals surface area contributed by atoms with Crippen molar-refractivity contribution in [3.63, 3.8) is 0 Å². The average Bonchev–Trinajstić information content (AvgIpc) is 2.82. The molecule has 1 aromatic heterocycles. The molecular formula is C14H24N4. The number of aromatic nitrogens is 2. The minimum atomic E-state index is 0.617. The van der Waals surface area contributed by atoms with Crippen LogP contribution >= 0.6 is 0 Å². The van der Waals surface area contributed by atoms with E-state index in [0.717, 1.165) is 24.3 Å². The molecule has 1 aliphatic heterocycles. The topological polar surface area (TPSA) is 41.9 Å². The van der Waals surface area contributed by atoms with Gasteiger partial charge in [-0.05, 0) is 31.6 Å². The lowest BCUT2D eigenvalue weighted by Gasteiger charge is -2.40. The Morgan fingerprint density at radius 3 is 3.06 bits per heavy atom. The zero-order chi connectivity index (χ0) is 12.4. The van der Waals surface area contributed by atoms with E-state index >= 15 is 0 Å². The molecule has 2 fully saturated rings. The summed E-state index contributed by atoms with van der Waals surface area (Å²) in [5.41, 5.74) is 0. The zero-order valence-corrected chi connectivity index (χ0v) is 11.2. The molecule has 18 heavy (non-hydrogen) atoms. The van der Waals surface area contributed by atoms with Crippen molar-refractivity contribution in [3.8, 4) is 0 Å². The minimum Gasteiger partial charge on any atom is -0.367 e. The number of rotatable bonds is 3. The third-order valence-corrected chi connectivity index (χ3v) is 4.49. The summed E-state index contributed by atoms with van der Waals surface area (Å²) >= 11 is 0. The van der Waals surface area contributed by atoms with Crippen molar-refractivity contribution in [1.82, 2.24) is 15.1 Å².